The van der Waals surface area contributed by atoms with Crippen molar-refractivity contribution >= 4 is 0 Å². The van der Waals surface area contributed by atoms with Crippen molar-refractivity contribution in [1.82, 2.24) is 0 Å². The van der Waals surface area contributed by atoms with Crippen LogP contribution in [0.3, 0.4) is 0 Å². The van der Waals surface area contributed by atoms with E-state index in [2.05, 4.69) is 38.2 Å². The van der Waals surface area contributed by atoms with E-state index in [4.69, 9.17) is 0 Å². The molecule has 0 fully saturated rings. The predicted molar refractivity (Wildman–Crippen MR) is 48.1 cm³/mol. The highest BCUT2D eigenvalue weighted by atomic mass is 13.8. The predicted octanol–water partition coefficient (Wildman–Crippen LogP) is 3.70. The van der Waals surface area contributed by atoms with Crippen LogP contribution in [0, 0.1) is 0 Å². The molecule has 10 heavy (non-hydrogen) atoms. The fraction of sp³-hybridized carbons (Fsp3) is 0.600. The molecule has 0 aromatic heterocycles. The van der Waals surface area contributed by atoms with Gasteiger partial charge in [-0.3, -0.25) is 0 Å². The summed E-state index contributed by atoms with van der Waals surface area (Å²) in [6.07, 6.45) is 13.6. The molecular formula is C10H18. The van der Waals surface area contributed by atoms with Crippen LogP contribution in [0.25, 0.3) is 0 Å². The molecule has 0 heterocycles. The highest BCUT2D eigenvalue weighted by molar-refractivity contribution is 4.91. The van der Waals surface area contributed by atoms with Crippen molar-refractivity contribution in [3.8, 4) is 0 Å². The first kappa shape index (κ1) is 9.48. The minimum absolute atomic E-state index is 1.10. The lowest BCUT2D eigenvalue weighted by atomic mass is 10.2. The van der Waals surface area contributed by atoms with Gasteiger partial charge in [0.15, 0.2) is 0 Å². The number of allylic oxidation sites excluding steroid dienone is 4. The van der Waals surface area contributed by atoms with Crippen molar-refractivity contribution in [3.63, 3.8) is 0 Å². The van der Waals surface area contributed by atoms with Gasteiger partial charge in [-0.1, -0.05) is 44.6 Å². The zero-order valence-electron chi connectivity index (χ0n) is 7.14. The lowest BCUT2D eigenvalue weighted by molar-refractivity contribution is 0.954. The van der Waals surface area contributed by atoms with Crippen LogP contribution in [0.5, 0.6) is 0 Å². The monoisotopic (exact) mass is 138 g/mol. The molecule has 0 nitrogen and oxygen atoms in total. The Kier molecular flexibility index (Phi) is 8.04. The lowest BCUT2D eigenvalue weighted by Gasteiger charge is -1.83. The van der Waals surface area contributed by atoms with Crippen LogP contribution in [0.4, 0.5) is 0 Å². The maximum Gasteiger partial charge on any atom is -0.0169 e. The molecule has 0 N–H and O–H groups in total. The quantitative estimate of drug-likeness (QED) is 0.508. The summed E-state index contributed by atoms with van der Waals surface area (Å²) in [5, 5.41) is 0. The van der Waals surface area contributed by atoms with Gasteiger partial charge in [0.05, 0.1) is 0 Å². The average Bonchev–Trinajstić information content (AvgIpc) is 1.97. The molecule has 0 bridgehead atoms. The third-order valence-corrected chi connectivity index (χ3v) is 1.30. The van der Waals surface area contributed by atoms with Gasteiger partial charge in [-0.05, 0) is 19.3 Å². The van der Waals surface area contributed by atoms with Crippen molar-refractivity contribution < 1.29 is 0 Å². The van der Waals surface area contributed by atoms with Crippen LogP contribution in [0.1, 0.15) is 39.5 Å². The summed E-state index contributed by atoms with van der Waals surface area (Å²) in [6, 6.07) is 0. The second kappa shape index (κ2) is 8.48. The molecule has 0 saturated carbocycles. The largest absolute Gasteiger partial charge is 0.0885 e. The fourth-order valence-corrected chi connectivity index (χ4v) is 0.722. The van der Waals surface area contributed by atoms with E-state index in [0.29, 0.717) is 0 Å². The smallest absolute Gasteiger partial charge is 0.0169 e. The zero-order valence-corrected chi connectivity index (χ0v) is 7.14. The van der Waals surface area contributed by atoms with Crippen LogP contribution in [-0.4, -0.2) is 0 Å². The maximum atomic E-state index is 2.25. The van der Waals surface area contributed by atoms with Gasteiger partial charge in [-0.2, -0.15) is 0 Å². The summed E-state index contributed by atoms with van der Waals surface area (Å²) in [5.74, 6) is 0. The molecular weight excluding hydrogens is 120 g/mol. The minimum Gasteiger partial charge on any atom is -0.0885 e. The van der Waals surface area contributed by atoms with E-state index in [9.17, 15) is 0 Å². The van der Waals surface area contributed by atoms with E-state index in [1.165, 1.54) is 12.8 Å². The van der Waals surface area contributed by atoms with Gasteiger partial charge in [0.1, 0.15) is 0 Å². The van der Waals surface area contributed by atoms with Gasteiger partial charge >= 0.3 is 0 Å². The number of hydrogen-bond donors (Lipinski definition) is 0. The van der Waals surface area contributed by atoms with E-state index < -0.39 is 0 Å². The van der Waals surface area contributed by atoms with Crippen LogP contribution < -0.4 is 0 Å². The third-order valence-electron chi connectivity index (χ3n) is 1.30. The Hall–Kier alpha value is -0.520. The molecule has 0 aromatic carbocycles. The maximum absolute atomic E-state index is 2.25. The summed E-state index contributed by atoms with van der Waals surface area (Å²) in [7, 11) is 0. The van der Waals surface area contributed by atoms with Gasteiger partial charge < -0.3 is 0 Å². The molecule has 0 amide bonds. The molecule has 0 saturated heterocycles. The first-order chi connectivity index (χ1) is 4.91. The molecule has 0 spiro atoms. The van der Waals surface area contributed by atoms with Crippen LogP contribution >= 0.6 is 0 Å². The zero-order chi connectivity index (χ0) is 7.66. The number of unbranched alkanes of at least 4 members (excludes halogenated alkanes) is 1. The number of hydrogen-bond acceptors (Lipinski definition) is 0. The highest BCUT2D eigenvalue weighted by Crippen LogP contribution is 1.92. The van der Waals surface area contributed by atoms with Crippen molar-refractivity contribution in [2.24, 2.45) is 0 Å². The molecule has 0 heteroatoms. The summed E-state index contributed by atoms with van der Waals surface area (Å²) in [6.45, 7) is 4.36. The Bertz CT molecular complexity index is 98.6. The normalized spacial score (nSPS) is 11.8. The Morgan fingerprint density at radius 2 is 1.60 bits per heavy atom. The van der Waals surface area contributed by atoms with Crippen LogP contribution in [-0.2, 0) is 0 Å². The van der Waals surface area contributed by atoms with Crippen molar-refractivity contribution in [1.29, 1.82) is 0 Å². The SMILES string of the molecule is CC/C=C/C/C=C/CCC. The van der Waals surface area contributed by atoms with Gasteiger partial charge in [-0.25, -0.2) is 0 Å². The van der Waals surface area contributed by atoms with Gasteiger partial charge in [0.2, 0.25) is 0 Å². The molecule has 0 aromatic rings. The fourth-order valence-electron chi connectivity index (χ4n) is 0.722. The Morgan fingerprint density at radius 1 is 0.900 bits per heavy atom. The number of rotatable bonds is 5. The summed E-state index contributed by atoms with van der Waals surface area (Å²) >= 11 is 0. The summed E-state index contributed by atoms with van der Waals surface area (Å²) in [4.78, 5) is 0. The molecule has 0 aliphatic carbocycles. The summed E-state index contributed by atoms with van der Waals surface area (Å²) in [5.41, 5.74) is 0. The van der Waals surface area contributed by atoms with E-state index in [0.717, 1.165) is 12.8 Å². The third kappa shape index (κ3) is 7.48. The van der Waals surface area contributed by atoms with Crippen molar-refractivity contribution in [3.05, 3.63) is 24.3 Å². The molecule has 0 aliphatic rings. The summed E-state index contributed by atoms with van der Waals surface area (Å²) < 4.78 is 0. The first-order valence-corrected chi connectivity index (χ1v) is 4.21. The molecule has 0 rings (SSSR count). The van der Waals surface area contributed by atoms with Gasteiger partial charge in [0.25, 0.3) is 0 Å². The van der Waals surface area contributed by atoms with E-state index in [-0.39, 0.29) is 0 Å². The molecule has 0 aliphatic heterocycles. The van der Waals surface area contributed by atoms with Crippen molar-refractivity contribution in [2.45, 2.75) is 39.5 Å². The molecule has 58 valence electrons. The standard InChI is InChI=1S/C10H18/c1-3-5-7-9-10-8-6-4-2/h5,7-8,10H,3-4,6,9H2,1-2H3/b7-5+,10-8+. The molecule has 0 unspecified atom stereocenters. The van der Waals surface area contributed by atoms with E-state index in [1.807, 2.05) is 0 Å². The average molecular weight is 138 g/mol. The second-order valence-electron chi connectivity index (χ2n) is 2.38. The second-order valence-corrected chi connectivity index (χ2v) is 2.38. The van der Waals surface area contributed by atoms with Gasteiger partial charge in [-0.15, -0.1) is 0 Å². The van der Waals surface area contributed by atoms with Crippen LogP contribution in [0.2, 0.25) is 0 Å². The molecule has 0 radical (unpaired) electrons. The van der Waals surface area contributed by atoms with E-state index >= 15 is 0 Å². The Labute approximate surface area is 64.6 Å². The van der Waals surface area contributed by atoms with Crippen molar-refractivity contribution in [2.75, 3.05) is 0 Å². The Morgan fingerprint density at radius 3 is 2.20 bits per heavy atom. The topological polar surface area (TPSA) is 0 Å². The van der Waals surface area contributed by atoms with E-state index in [1.54, 1.807) is 0 Å². The Balaban J connectivity index is 3.09. The van der Waals surface area contributed by atoms with Gasteiger partial charge in [0, 0.05) is 0 Å². The minimum atomic E-state index is 1.10. The molecule has 0 atom stereocenters. The first-order valence-electron chi connectivity index (χ1n) is 4.21. The van der Waals surface area contributed by atoms with Crippen LogP contribution in [0.15, 0.2) is 24.3 Å². The highest BCUT2D eigenvalue weighted by Gasteiger charge is 1.71. The lowest BCUT2D eigenvalue weighted by Crippen LogP contribution is -1.62.